The van der Waals surface area contributed by atoms with Gasteiger partial charge in [-0.05, 0) is 60.1 Å². The SMILES string of the molecule is CC1CCC(C)(C)c2cc(-c3csc(N4CCC(N5CCOCC5)CC4)n3)ccc2C1C. The third kappa shape index (κ3) is 4.36. The Bertz CT molecular complexity index is 925. The van der Waals surface area contributed by atoms with E-state index in [4.69, 9.17) is 9.72 Å². The van der Waals surface area contributed by atoms with Gasteiger partial charge in [0.1, 0.15) is 0 Å². The van der Waals surface area contributed by atoms with Gasteiger partial charge in [0.2, 0.25) is 0 Å². The molecule has 2 saturated heterocycles. The molecule has 0 N–H and O–H groups in total. The van der Waals surface area contributed by atoms with Crippen LogP contribution in [0.5, 0.6) is 0 Å². The van der Waals surface area contributed by atoms with Gasteiger partial charge < -0.3 is 9.64 Å². The minimum atomic E-state index is 0.227. The van der Waals surface area contributed by atoms with E-state index in [-0.39, 0.29) is 5.41 Å². The van der Waals surface area contributed by atoms with Gasteiger partial charge in [-0.1, -0.05) is 39.8 Å². The fraction of sp³-hybridized carbons (Fsp3) is 0.667. The monoisotopic (exact) mass is 453 g/mol. The Morgan fingerprint density at radius 3 is 2.53 bits per heavy atom. The van der Waals surface area contributed by atoms with E-state index in [1.165, 1.54) is 41.9 Å². The van der Waals surface area contributed by atoms with Crippen LogP contribution in [0.2, 0.25) is 0 Å². The molecule has 1 aliphatic carbocycles. The van der Waals surface area contributed by atoms with Crippen molar-refractivity contribution in [2.24, 2.45) is 5.92 Å². The first-order chi connectivity index (χ1) is 15.4. The van der Waals surface area contributed by atoms with Crippen LogP contribution in [0.25, 0.3) is 11.3 Å². The summed E-state index contributed by atoms with van der Waals surface area (Å²) in [5.74, 6) is 1.37. The second kappa shape index (κ2) is 9.08. The molecule has 32 heavy (non-hydrogen) atoms. The fourth-order valence-corrected chi connectivity index (χ4v) is 6.77. The summed E-state index contributed by atoms with van der Waals surface area (Å²) in [6, 6.07) is 7.87. The van der Waals surface area contributed by atoms with E-state index in [1.807, 2.05) is 11.3 Å². The summed E-state index contributed by atoms with van der Waals surface area (Å²) in [7, 11) is 0. The van der Waals surface area contributed by atoms with Gasteiger partial charge in [0.25, 0.3) is 0 Å². The third-order valence-corrected chi connectivity index (χ3v) is 9.34. The average Bonchev–Trinajstić information content (AvgIpc) is 3.30. The molecule has 0 saturated carbocycles. The van der Waals surface area contributed by atoms with Crippen molar-refractivity contribution in [2.75, 3.05) is 44.3 Å². The first kappa shape index (κ1) is 22.4. The van der Waals surface area contributed by atoms with Crippen molar-refractivity contribution >= 4 is 16.5 Å². The van der Waals surface area contributed by atoms with Crippen molar-refractivity contribution in [2.45, 2.75) is 70.8 Å². The topological polar surface area (TPSA) is 28.6 Å². The highest BCUT2D eigenvalue weighted by atomic mass is 32.1. The molecule has 5 rings (SSSR count). The molecular weight excluding hydrogens is 414 g/mol. The molecule has 2 fully saturated rings. The quantitative estimate of drug-likeness (QED) is 0.539. The molecule has 2 aromatic rings. The van der Waals surface area contributed by atoms with E-state index < -0.39 is 0 Å². The molecule has 1 aromatic heterocycles. The minimum Gasteiger partial charge on any atom is -0.379 e. The number of thiazole rings is 1. The van der Waals surface area contributed by atoms with Crippen LogP contribution in [0, 0.1) is 5.92 Å². The van der Waals surface area contributed by atoms with Gasteiger partial charge in [-0.15, -0.1) is 11.3 Å². The maximum Gasteiger partial charge on any atom is 0.185 e. The Morgan fingerprint density at radius 1 is 1.03 bits per heavy atom. The summed E-state index contributed by atoms with van der Waals surface area (Å²) < 4.78 is 5.53. The number of rotatable bonds is 3. The van der Waals surface area contributed by atoms with Crippen LogP contribution >= 0.6 is 11.3 Å². The zero-order valence-electron chi connectivity index (χ0n) is 20.3. The Labute approximate surface area is 198 Å². The molecule has 0 amide bonds. The number of nitrogens with zero attached hydrogens (tertiary/aromatic N) is 3. The van der Waals surface area contributed by atoms with Crippen LogP contribution < -0.4 is 4.90 Å². The summed E-state index contributed by atoms with van der Waals surface area (Å²) >= 11 is 1.81. The molecule has 0 radical (unpaired) electrons. The molecule has 4 nitrogen and oxygen atoms in total. The highest BCUT2D eigenvalue weighted by molar-refractivity contribution is 7.14. The van der Waals surface area contributed by atoms with E-state index in [1.54, 1.807) is 5.56 Å². The number of piperidine rings is 1. The van der Waals surface area contributed by atoms with Gasteiger partial charge in [0.15, 0.2) is 5.13 Å². The molecule has 174 valence electrons. The van der Waals surface area contributed by atoms with Crippen LogP contribution in [-0.2, 0) is 10.2 Å². The predicted molar refractivity (Wildman–Crippen MR) is 135 cm³/mol. The fourth-order valence-electron chi connectivity index (χ4n) is 5.89. The van der Waals surface area contributed by atoms with Gasteiger partial charge in [-0.3, -0.25) is 4.90 Å². The zero-order valence-corrected chi connectivity index (χ0v) is 21.1. The maximum absolute atomic E-state index is 5.53. The van der Waals surface area contributed by atoms with Gasteiger partial charge in [0, 0.05) is 43.2 Å². The standard InChI is InChI=1S/C27H39N3OS/c1-19-7-10-27(3,4)24-17-21(5-6-23(24)20(19)2)25-18-32-26(28-25)30-11-8-22(9-12-30)29-13-15-31-16-14-29/h5-6,17-20,22H,7-16H2,1-4H3. The van der Waals surface area contributed by atoms with Crippen molar-refractivity contribution in [1.82, 2.24) is 9.88 Å². The number of benzene rings is 1. The van der Waals surface area contributed by atoms with E-state index in [9.17, 15) is 0 Å². The number of hydrogen-bond donors (Lipinski definition) is 0. The number of aromatic nitrogens is 1. The van der Waals surface area contributed by atoms with E-state index in [0.717, 1.165) is 51.0 Å². The van der Waals surface area contributed by atoms with Crippen LogP contribution in [0.15, 0.2) is 23.6 Å². The van der Waals surface area contributed by atoms with Crippen molar-refractivity contribution in [1.29, 1.82) is 0 Å². The smallest absolute Gasteiger partial charge is 0.185 e. The van der Waals surface area contributed by atoms with Gasteiger partial charge in [-0.25, -0.2) is 4.98 Å². The minimum absolute atomic E-state index is 0.227. The first-order valence-corrected chi connectivity index (χ1v) is 13.5. The highest BCUT2D eigenvalue weighted by Crippen LogP contribution is 2.44. The maximum atomic E-state index is 5.53. The summed E-state index contributed by atoms with van der Waals surface area (Å²) in [5, 5.41) is 3.46. The number of anilines is 1. The van der Waals surface area contributed by atoms with E-state index in [0.29, 0.717) is 12.0 Å². The average molecular weight is 454 g/mol. The Hall–Kier alpha value is -1.43. The molecule has 1 aromatic carbocycles. The number of fused-ring (bicyclic) bond motifs is 1. The third-order valence-electron chi connectivity index (χ3n) is 8.44. The van der Waals surface area contributed by atoms with E-state index in [2.05, 4.69) is 61.1 Å². The van der Waals surface area contributed by atoms with Crippen molar-refractivity contribution < 1.29 is 4.74 Å². The summed E-state index contributed by atoms with van der Waals surface area (Å²) in [6.07, 6.45) is 5.03. The Kier molecular flexibility index (Phi) is 6.34. The number of ether oxygens (including phenoxy) is 1. The molecule has 0 bridgehead atoms. The summed E-state index contributed by atoms with van der Waals surface area (Å²) in [5.41, 5.74) is 5.73. The lowest BCUT2D eigenvalue weighted by molar-refractivity contribution is 0.0115. The predicted octanol–water partition coefficient (Wildman–Crippen LogP) is 5.92. The van der Waals surface area contributed by atoms with Crippen molar-refractivity contribution in [3.63, 3.8) is 0 Å². The zero-order chi connectivity index (χ0) is 22.3. The summed E-state index contributed by atoms with van der Waals surface area (Å²) in [6.45, 7) is 15.9. The van der Waals surface area contributed by atoms with Crippen LogP contribution in [0.3, 0.4) is 0 Å². The van der Waals surface area contributed by atoms with Gasteiger partial charge in [-0.2, -0.15) is 0 Å². The molecule has 3 aliphatic rings. The molecule has 5 heteroatoms. The van der Waals surface area contributed by atoms with Gasteiger partial charge in [0.05, 0.1) is 18.9 Å². The number of morpholine rings is 1. The second-order valence-corrected chi connectivity index (χ2v) is 11.7. The molecule has 2 aliphatic heterocycles. The largest absolute Gasteiger partial charge is 0.379 e. The molecular formula is C27H39N3OS. The molecule has 2 atom stereocenters. The van der Waals surface area contributed by atoms with Crippen LogP contribution in [-0.4, -0.2) is 55.3 Å². The van der Waals surface area contributed by atoms with Gasteiger partial charge >= 0.3 is 0 Å². The first-order valence-electron chi connectivity index (χ1n) is 12.6. The lowest BCUT2D eigenvalue weighted by Crippen LogP contribution is -2.49. The van der Waals surface area contributed by atoms with Crippen molar-refractivity contribution in [3.05, 3.63) is 34.7 Å². The molecule has 3 heterocycles. The lowest BCUT2D eigenvalue weighted by Gasteiger charge is -2.40. The number of hydrogen-bond acceptors (Lipinski definition) is 5. The molecule has 2 unspecified atom stereocenters. The van der Waals surface area contributed by atoms with E-state index >= 15 is 0 Å². The normalized spacial score (nSPS) is 27.2. The summed E-state index contributed by atoms with van der Waals surface area (Å²) in [4.78, 5) is 10.2. The second-order valence-electron chi connectivity index (χ2n) is 10.9. The molecule has 0 spiro atoms. The Balaban J connectivity index is 1.32. The van der Waals surface area contributed by atoms with Crippen LogP contribution in [0.1, 0.15) is 70.4 Å². The van der Waals surface area contributed by atoms with Crippen molar-refractivity contribution in [3.8, 4) is 11.3 Å². The van der Waals surface area contributed by atoms with Crippen LogP contribution in [0.4, 0.5) is 5.13 Å². The highest BCUT2D eigenvalue weighted by Gasteiger charge is 2.32. The Morgan fingerprint density at radius 2 is 1.78 bits per heavy atom. The lowest BCUT2D eigenvalue weighted by atomic mass is 9.78.